The minimum absolute atomic E-state index is 0.0473. The van der Waals surface area contributed by atoms with Gasteiger partial charge in [0.1, 0.15) is 0 Å². The third-order valence-electron chi connectivity index (χ3n) is 3.12. The number of aromatic nitrogens is 1. The number of benzene rings is 1. The lowest BCUT2D eigenvalue weighted by atomic mass is 10.1. The number of fused-ring (bicyclic) bond motifs is 1. The summed E-state index contributed by atoms with van der Waals surface area (Å²) < 4.78 is 10.5. The number of hydrogen-bond acceptors (Lipinski definition) is 5. The molecule has 0 atom stereocenters. The van der Waals surface area contributed by atoms with Crippen LogP contribution in [0.3, 0.4) is 0 Å². The molecule has 6 heteroatoms. The fourth-order valence-electron chi connectivity index (χ4n) is 2.04. The highest BCUT2D eigenvalue weighted by Crippen LogP contribution is 2.32. The summed E-state index contributed by atoms with van der Waals surface area (Å²) in [6.07, 6.45) is 2.36. The van der Waals surface area contributed by atoms with Gasteiger partial charge in [-0.2, -0.15) is 0 Å². The van der Waals surface area contributed by atoms with Gasteiger partial charge >= 0.3 is 0 Å². The number of amides is 1. The van der Waals surface area contributed by atoms with E-state index in [2.05, 4.69) is 10.3 Å². The number of pyridine rings is 1. The molecular weight excluding hydrogens is 272 g/mol. The van der Waals surface area contributed by atoms with Gasteiger partial charge in [-0.3, -0.25) is 4.79 Å². The van der Waals surface area contributed by atoms with Crippen molar-refractivity contribution in [3.63, 3.8) is 0 Å². The van der Waals surface area contributed by atoms with E-state index in [1.165, 1.54) is 12.3 Å². The molecule has 0 saturated heterocycles. The Hall–Kier alpha value is -2.76. The molecule has 108 valence electrons. The first-order valence-corrected chi connectivity index (χ1v) is 6.55. The van der Waals surface area contributed by atoms with Gasteiger partial charge in [0.25, 0.3) is 0 Å². The normalized spacial score (nSPS) is 12.2. The van der Waals surface area contributed by atoms with E-state index < -0.39 is 0 Å². The summed E-state index contributed by atoms with van der Waals surface area (Å²) in [5, 5.41) is 12.1. The molecule has 0 saturated carbocycles. The minimum atomic E-state index is -0.207. The first-order chi connectivity index (χ1) is 10.2. The van der Waals surface area contributed by atoms with Crippen molar-refractivity contribution in [1.29, 1.82) is 0 Å². The molecular formula is C15H14N2O4. The van der Waals surface area contributed by atoms with Crippen LogP contribution < -0.4 is 14.8 Å². The van der Waals surface area contributed by atoms with Crippen LogP contribution in [0.2, 0.25) is 0 Å². The highest BCUT2D eigenvalue weighted by molar-refractivity contribution is 5.91. The number of aryl methyl sites for hydroxylation is 1. The van der Waals surface area contributed by atoms with Crippen LogP contribution in [0.4, 0.5) is 5.82 Å². The lowest BCUT2D eigenvalue weighted by molar-refractivity contribution is -0.116. The van der Waals surface area contributed by atoms with E-state index in [1.54, 1.807) is 6.07 Å². The van der Waals surface area contributed by atoms with Gasteiger partial charge in [-0.05, 0) is 36.2 Å². The van der Waals surface area contributed by atoms with Crippen LogP contribution in [-0.4, -0.2) is 22.8 Å². The molecule has 1 amide bonds. The summed E-state index contributed by atoms with van der Waals surface area (Å²) in [4.78, 5) is 15.8. The molecule has 1 aliphatic heterocycles. The second-order valence-corrected chi connectivity index (χ2v) is 4.61. The molecule has 1 aliphatic rings. The number of ether oxygens (including phenoxy) is 2. The average molecular weight is 286 g/mol. The number of nitrogens with zero attached hydrogens (tertiary/aromatic N) is 1. The second kappa shape index (κ2) is 5.70. The van der Waals surface area contributed by atoms with Crippen molar-refractivity contribution in [2.45, 2.75) is 12.8 Å². The number of hydrogen-bond donors (Lipinski definition) is 2. The molecule has 0 fully saturated rings. The zero-order valence-corrected chi connectivity index (χ0v) is 11.2. The number of rotatable bonds is 4. The van der Waals surface area contributed by atoms with Gasteiger partial charge in [0.2, 0.25) is 12.7 Å². The zero-order chi connectivity index (χ0) is 14.7. The Morgan fingerprint density at radius 2 is 2.14 bits per heavy atom. The summed E-state index contributed by atoms with van der Waals surface area (Å²) in [6, 6.07) is 8.67. The van der Waals surface area contributed by atoms with Gasteiger partial charge in [0, 0.05) is 12.6 Å². The third-order valence-corrected chi connectivity index (χ3v) is 3.12. The average Bonchev–Trinajstić information content (AvgIpc) is 2.95. The van der Waals surface area contributed by atoms with Crippen molar-refractivity contribution >= 4 is 11.7 Å². The highest BCUT2D eigenvalue weighted by Gasteiger charge is 2.14. The van der Waals surface area contributed by atoms with Crippen LogP contribution in [0.15, 0.2) is 36.5 Å². The van der Waals surface area contributed by atoms with Crippen LogP contribution in [0.5, 0.6) is 17.2 Å². The van der Waals surface area contributed by atoms with E-state index in [-0.39, 0.29) is 30.7 Å². The maximum absolute atomic E-state index is 11.9. The maximum atomic E-state index is 11.9. The van der Waals surface area contributed by atoms with E-state index >= 15 is 0 Å². The summed E-state index contributed by atoms with van der Waals surface area (Å²) in [6.45, 7) is 0.234. The van der Waals surface area contributed by atoms with Gasteiger partial charge in [0.05, 0.1) is 0 Å². The predicted molar refractivity (Wildman–Crippen MR) is 75.4 cm³/mol. The van der Waals surface area contributed by atoms with Crippen molar-refractivity contribution in [2.24, 2.45) is 0 Å². The highest BCUT2D eigenvalue weighted by atomic mass is 16.7. The lowest BCUT2D eigenvalue weighted by Gasteiger charge is -2.06. The largest absolute Gasteiger partial charge is 0.504 e. The van der Waals surface area contributed by atoms with E-state index in [1.807, 2.05) is 18.2 Å². The topological polar surface area (TPSA) is 80.7 Å². The molecule has 1 aromatic heterocycles. The van der Waals surface area contributed by atoms with E-state index in [4.69, 9.17) is 9.47 Å². The number of carbonyl (C=O) groups is 1. The summed E-state index contributed by atoms with van der Waals surface area (Å²) in [5.74, 6) is 1.35. The fraction of sp³-hybridized carbons (Fsp3) is 0.200. The number of aromatic hydroxyl groups is 1. The maximum Gasteiger partial charge on any atom is 0.231 e. The van der Waals surface area contributed by atoms with Crippen molar-refractivity contribution < 1.29 is 19.4 Å². The Morgan fingerprint density at radius 3 is 3.00 bits per heavy atom. The molecule has 2 heterocycles. The van der Waals surface area contributed by atoms with Gasteiger partial charge in [-0.25, -0.2) is 4.98 Å². The molecule has 0 unspecified atom stereocenters. The minimum Gasteiger partial charge on any atom is -0.504 e. The summed E-state index contributed by atoms with van der Waals surface area (Å²) in [5.41, 5.74) is 0.986. The lowest BCUT2D eigenvalue weighted by Crippen LogP contribution is -2.13. The Labute approximate surface area is 121 Å². The summed E-state index contributed by atoms with van der Waals surface area (Å²) in [7, 11) is 0. The smallest absolute Gasteiger partial charge is 0.231 e. The zero-order valence-electron chi connectivity index (χ0n) is 11.2. The van der Waals surface area contributed by atoms with E-state index in [0.29, 0.717) is 12.2 Å². The standard InChI is InChI=1S/C15H14N2O4/c18-11-2-1-7-16-15(11)17-14(19)6-4-10-3-5-12-13(8-10)21-9-20-12/h1-3,5,7-8,18H,4,6,9H2,(H,16,17,19). The van der Waals surface area contributed by atoms with Crippen LogP contribution in [-0.2, 0) is 11.2 Å². The monoisotopic (exact) mass is 286 g/mol. The SMILES string of the molecule is O=C(CCc1ccc2c(c1)OCO2)Nc1ncccc1O. The Morgan fingerprint density at radius 1 is 1.29 bits per heavy atom. The quantitative estimate of drug-likeness (QED) is 0.899. The van der Waals surface area contributed by atoms with Gasteiger partial charge in [0.15, 0.2) is 23.1 Å². The Bertz CT molecular complexity index is 672. The van der Waals surface area contributed by atoms with E-state index in [9.17, 15) is 9.90 Å². The van der Waals surface area contributed by atoms with Crippen molar-refractivity contribution in [3.8, 4) is 17.2 Å². The molecule has 1 aromatic carbocycles. The molecule has 0 spiro atoms. The number of anilines is 1. The van der Waals surface area contributed by atoms with Crippen LogP contribution in [0.1, 0.15) is 12.0 Å². The van der Waals surface area contributed by atoms with Crippen molar-refractivity contribution in [2.75, 3.05) is 12.1 Å². The Kier molecular flexibility index (Phi) is 3.59. The molecule has 0 bridgehead atoms. The second-order valence-electron chi connectivity index (χ2n) is 4.61. The molecule has 2 N–H and O–H groups in total. The van der Waals surface area contributed by atoms with Crippen molar-refractivity contribution in [1.82, 2.24) is 4.98 Å². The third kappa shape index (κ3) is 3.05. The molecule has 6 nitrogen and oxygen atoms in total. The number of nitrogens with one attached hydrogen (secondary N) is 1. The van der Waals surface area contributed by atoms with Crippen LogP contribution >= 0.6 is 0 Å². The first kappa shape index (κ1) is 13.2. The number of carbonyl (C=O) groups excluding carboxylic acids is 1. The molecule has 2 aromatic rings. The molecule has 0 aliphatic carbocycles. The van der Waals surface area contributed by atoms with Crippen LogP contribution in [0, 0.1) is 0 Å². The summed E-state index contributed by atoms with van der Waals surface area (Å²) >= 11 is 0. The predicted octanol–water partition coefficient (Wildman–Crippen LogP) is 2.09. The molecule has 3 rings (SSSR count). The fourth-order valence-corrected chi connectivity index (χ4v) is 2.04. The molecule has 0 radical (unpaired) electrons. The van der Waals surface area contributed by atoms with Gasteiger partial charge in [-0.15, -0.1) is 0 Å². The molecule has 21 heavy (non-hydrogen) atoms. The Balaban J connectivity index is 1.58. The first-order valence-electron chi connectivity index (χ1n) is 6.55. The van der Waals surface area contributed by atoms with Crippen molar-refractivity contribution in [3.05, 3.63) is 42.1 Å². The van der Waals surface area contributed by atoms with E-state index in [0.717, 1.165) is 11.3 Å². The van der Waals surface area contributed by atoms with Gasteiger partial charge in [-0.1, -0.05) is 6.07 Å². The van der Waals surface area contributed by atoms with Gasteiger partial charge < -0.3 is 19.9 Å². The van der Waals surface area contributed by atoms with Crippen LogP contribution in [0.25, 0.3) is 0 Å².